The van der Waals surface area contributed by atoms with Crippen LogP contribution in [0, 0.1) is 6.92 Å². The predicted octanol–water partition coefficient (Wildman–Crippen LogP) is 5.94. The molecule has 158 valence electrons. The van der Waals surface area contributed by atoms with Gasteiger partial charge in [-0.2, -0.15) is 0 Å². The highest BCUT2D eigenvalue weighted by Gasteiger charge is 2.34. The Morgan fingerprint density at radius 1 is 1.17 bits per heavy atom. The molecule has 0 aromatic heterocycles. The van der Waals surface area contributed by atoms with Crippen molar-refractivity contribution in [3.05, 3.63) is 63.5 Å². The van der Waals surface area contributed by atoms with Gasteiger partial charge < -0.3 is 9.47 Å². The van der Waals surface area contributed by atoms with E-state index in [1.807, 2.05) is 51.1 Å². The lowest BCUT2D eigenvalue weighted by atomic mass is 10.2. The van der Waals surface area contributed by atoms with Crippen molar-refractivity contribution < 1.29 is 19.1 Å². The van der Waals surface area contributed by atoms with Crippen LogP contribution in [-0.4, -0.2) is 35.3 Å². The molecule has 0 spiro atoms. The quantitative estimate of drug-likeness (QED) is 0.470. The van der Waals surface area contributed by atoms with Crippen LogP contribution < -0.4 is 9.47 Å². The summed E-state index contributed by atoms with van der Waals surface area (Å²) in [5, 5.41) is 0.163. The minimum Gasteiger partial charge on any atom is -0.492 e. The van der Waals surface area contributed by atoms with Crippen molar-refractivity contribution in [3.63, 3.8) is 0 Å². The van der Waals surface area contributed by atoms with E-state index in [2.05, 4.69) is 0 Å². The Morgan fingerprint density at radius 3 is 2.57 bits per heavy atom. The topological polar surface area (TPSA) is 55.8 Å². The van der Waals surface area contributed by atoms with Crippen molar-refractivity contribution in [2.45, 2.75) is 33.3 Å². The van der Waals surface area contributed by atoms with Crippen LogP contribution in [0.25, 0.3) is 6.08 Å². The molecule has 0 aliphatic carbocycles. The summed E-state index contributed by atoms with van der Waals surface area (Å²) in [5.41, 5.74) is 1.87. The number of imide groups is 1. The Bertz CT molecular complexity index is 958. The number of benzene rings is 2. The molecule has 0 N–H and O–H groups in total. The number of nitrogens with zero attached hydrogens (tertiary/aromatic N) is 1. The average molecular weight is 446 g/mol. The lowest BCUT2D eigenvalue weighted by molar-refractivity contribution is -0.123. The maximum absolute atomic E-state index is 12.6. The van der Waals surface area contributed by atoms with E-state index in [9.17, 15) is 9.59 Å². The molecule has 2 amide bonds. The Hall–Kier alpha value is -2.44. The molecule has 2 aromatic rings. The Kier molecular flexibility index (Phi) is 7.45. The van der Waals surface area contributed by atoms with Gasteiger partial charge in [0.25, 0.3) is 11.1 Å². The Balaban J connectivity index is 1.62. The number of halogens is 1. The second-order valence-corrected chi connectivity index (χ2v) is 8.42. The lowest BCUT2D eigenvalue weighted by Crippen LogP contribution is -2.32. The van der Waals surface area contributed by atoms with E-state index in [1.165, 1.54) is 4.90 Å². The minimum absolute atomic E-state index is 0.0620. The van der Waals surface area contributed by atoms with Gasteiger partial charge in [-0.1, -0.05) is 42.3 Å². The summed E-state index contributed by atoms with van der Waals surface area (Å²) in [6.45, 7) is 6.44. The third-order valence-corrected chi connectivity index (χ3v) is 5.84. The van der Waals surface area contributed by atoms with Crippen LogP contribution in [0.15, 0.2) is 47.4 Å². The fourth-order valence-corrected chi connectivity index (χ4v) is 3.83. The molecule has 1 heterocycles. The van der Waals surface area contributed by atoms with Gasteiger partial charge in [-0.3, -0.25) is 14.5 Å². The smallest absolute Gasteiger partial charge is 0.293 e. The number of amides is 2. The van der Waals surface area contributed by atoms with Gasteiger partial charge in [0, 0.05) is 0 Å². The van der Waals surface area contributed by atoms with Crippen LogP contribution in [0.2, 0.25) is 5.02 Å². The molecular weight excluding hydrogens is 422 g/mol. The van der Waals surface area contributed by atoms with Crippen molar-refractivity contribution in [2.24, 2.45) is 0 Å². The first-order valence-electron chi connectivity index (χ1n) is 9.78. The summed E-state index contributed by atoms with van der Waals surface area (Å²) in [7, 11) is 0. The largest absolute Gasteiger partial charge is 0.492 e. The fraction of sp³-hybridized carbons (Fsp3) is 0.304. The van der Waals surface area contributed by atoms with Crippen molar-refractivity contribution in [1.82, 2.24) is 4.90 Å². The predicted molar refractivity (Wildman–Crippen MR) is 121 cm³/mol. The summed E-state index contributed by atoms with van der Waals surface area (Å²) in [4.78, 5) is 26.5. The summed E-state index contributed by atoms with van der Waals surface area (Å²) >= 11 is 7.22. The number of rotatable bonds is 8. The van der Waals surface area contributed by atoms with Crippen LogP contribution in [0.3, 0.4) is 0 Å². The zero-order valence-corrected chi connectivity index (χ0v) is 18.8. The first-order chi connectivity index (χ1) is 14.4. The minimum atomic E-state index is -0.325. The molecule has 5 nitrogen and oxygen atoms in total. The molecule has 1 saturated heterocycles. The van der Waals surface area contributed by atoms with Crippen LogP contribution in [0.5, 0.6) is 11.5 Å². The van der Waals surface area contributed by atoms with Crippen LogP contribution in [-0.2, 0) is 4.79 Å². The highest BCUT2D eigenvalue weighted by atomic mass is 35.5. The highest BCUT2D eigenvalue weighted by molar-refractivity contribution is 8.18. The van der Waals surface area contributed by atoms with E-state index in [-0.39, 0.29) is 30.4 Å². The molecule has 1 fully saturated rings. The van der Waals surface area contributed by atoms with E-state index in [0.29, 0.717) is 21.4 Å². The van der Waals surface area contributed by atoms with Gasteiger partial charge >= 0.3 is 0 Å². The van der Waals surface area contributed by atoms with Gasteiger partial charge in [0.15, 0.2) is 0 Å². The molecule has 7 heteroatoms. The van der Waals surface area contributed by atoms with Crippen molar-refractivity contribution in [1.29, 1.82) is 0 Å². The second-order valence-electron chi connectivity index (χ2n) is 7.02. The molecule has 0 unspecified atom stereocenters. The number of aryl methyl sites for hydroxylation is 1. The standard InChI is InChI=1S/C23H24ClNO4S/c1-4-16(3)29-20-10-7-17(13-19(20)24)14-21-22(26)25(23(27)30-21)11-12-28-18-8-5-15(2)6-9-18/h5-10,13-14,16H,4,11-12H2,1-3H3/b21-14-/t16-/m0/s1. The number of carbonyl (C=O) groups is 2. The Labute approximate surface area is 186 Å². The maximum Gasteiger partial charge on any atom is 0.293 e. The molecule has 0 saturated carbocycles. The Morgan fingerprint density at radius 2 is 1.90 bits per heavy atom. The molecular formula is C23H24ClNO4S. The van der Waals surface area contributed by atoms with Gasteiger partial charge in [-0.25, -0.2) is 0 Å². The number of ether oxygens (including phenoxy) is 2. The zero-order chi connectivity index (χ0) is 21.7. The third-order valence-electron chi connectivity index (χ3n) is 4.63. The first kappa shape index (κ1) is 22.2. The zero-order valence-electron chi connectivity index (χ0n) is 17.2. The van der Waals surface area contributed by atoms with Gasteiger partial charge in [0.1, 0.15) is 18.1 Å². The lowest BCUT2D eigenvalue weighted by Gasteiger charge is -2.14. The molecule has 3 rings (SSSR count). The molecule has 0 bridgehead atoms. The molecule has 0 radical (unpaired) electrons. The van der Waals surface area contributed by atoms with E-state index < -0.39 is 0 Å². The average Bonchev–Trinajstić information content (AvgIpc) is 2.98. The second kappa shape index (κ2) is 10.0. The van der Waals surface area contributed by atoms with E-state index >= 15 is 0 Å². The maximum atomic E-state index is 12.6. The normalized spacial score (nSPS) is 16.3. The van der Waals surface area contributed by atoms with Gasteiger partial charge in [-0.15, -0.1) is 0 Å². The summed E-state index contributed by atoms with van der Waals surface area (Å²) < 4.78 is 11.4. The number of hydrogen-bond acceptors (Lipinski definition) is 5. The fourth-order valence-electron chi connectivity index (χ4n) is 2.74. The van der Waals surface area contributed by atoms with Crippen LogP contribution in [0.4, 0.5) is 4.79 Å². The number of hydrogen-bond donors (Lipinski definition) is 0. The first-order valence-corrected chi connectivity index (χ1v) is 11.0. The van der Waals surface area contributed by atoms with Gasteiger partial charge in [0.05, 0.1) is 22.6 Å². The molecule has 30 heavy (non-hydrogen) atoms. The van der Waals surface area contributed by atoms with E-state index in [4.69, 9.17) is 21.1 Å². The molecule has 2 aromatic carbocycles. The van der Waals surface area contributed by atoms with Crippen molar-refractivity contribution in [2.75, 3.05) is 13.2 Å². The van der Waals surface area contributed by atoms with Gasteiger partial charge in [-0.05, 0) is 67.9 Å². The molecule has 1 atom stereocenters. The third kappa shape index (κ3) is 5.58. The highest BCUT2D eigenvalue weighted by Crippen LogP contribution is 2.34. The molecule has 1 aliphatic rings. The summed E-state index contributed by atoms with van der Waals surface area (Å²) in [6, 6.07) is 12.9. The number of thioether (sulfide) groups is 1. The van der Waals surface area contributed by atoms with Gasteiger partial charge in [0.2, 0.25) is 0 Å². The summed E-state index contributed by atoms with van der Waals surface area (Å²) in [5.74, 6) is 0.982. The molecule has 1 aliphatic heterocycles. The van der Waals surface area contributed by atoms with E-state index in [1.54, 1.807) is 18.2 Å². The van der Waals surface area contributed by atoms with Crippen LogP contribution >= 0.6 is 23.4 Å². The van der Waals surface area contributed by atoms with Crippen molar-refractivity contribution in [3.8, 4) is 11.5 Å². The number of carbonyl (C=O) groups excluding carboxylic acids is 2. The van der Waals surface area contributed by atoms with Crippen molar-refractivity contribution >= 4 is 40.6 Å². The summed E-state index contributed by atoms with van der Waals surface area (Å²) in [6.07, 6.45) is 2.61. The monoisotopic (exact) mass is 445 g/mol. The SMILES string of the molecule is CC[C@H](C)Oc1ccc(/C=C2\SC(=O)N(CCOc3ccc(C)cc3)C2=O)cc1Cl. The van der Waals surface area contributed by atoms with Crippen LogP contribution in [0.1, 0.15) is 31.4 Å². The van der Waals surface area contributed by atoms with E-state index in [0.717, 1.165) is 29.3 Å².